The molecule has 0 bridgehead atoms. The van der Waals surface area contributed by atoms with Crippen molar-refractivity contribution in [2.24, 2.45) is 0 Å². The molecule has 4 nitrogen and oxygen atoms in total. The molecule has 0 radical (unpaired) electrons. The van der Waals surface area contributed by atoms with Gasteiger partial charge in [-0.15, -0.1) is 0 Å². The van der Waals surface area contributed by atoms with Gasteiger partial charge in [0.05, 0.1) is 0 Å². The summed E-state index contributed by atoms with van der Waals surface area (Å²) in [5.74, 6) is 2.03. The number of nitrogens with zero attached hydrogens (tertiary/aromatic N) is 2. The van der Waals surface area contributed by atoms with Gasteiger partial charge in [0.25, 0.3) is 0 Å². The van der Waals surface area contributed by atoms with Crippen LogP contribution in [0.2, 0.25) is 0 Å². The van der Waals surface area contributed by atoms with E-state index in [2.05, 4.69) is 28.3 Å². The van der Waals surface area contributed by atoms with Crippen molar-refractivity contribution < 1.29 is 4.74 Å². The summed E-state index contributed by atoms with van der Waals surface area (Å²) in [4.78, 5) is 8.66. The molecule has 0 unspecified atom stereocenters. The number of rotatable bonds is 5. The minimum Gasteiger partial charge on any atom is -0.439 e. The van der Waals surface area contributed by atoms with E-state index in [1.807, 2.05) is 38.1 Å². The molecule has 0 aliphatic carbocycles. The number of benzene rings is 1. The zero-order chi connectivity index (χ0) is 13.7. The summed E-state index contributed by atoms with van der Waals surface area (Å²) in [7, 11) is 0. The Hall–Kier alpha value is -2.10. The first-order valence-corrected chi connectivity index (χ1v) is 6.58. The van der Waals surface area contributed by atoms with Crippen molar-refractivity contribution in [1.82, 2.24) is 9.97 Å². The first-order valence-electron chi connectivity index (χ1n) is 6.58. The highest BCUT2D eigenvalue weighted by atomic mass is 16.5. The average Bonchev–Trinajstić information content (AvgIpc) is 2.39. The van der Waals surface area contributed by atoms with E-state index in [-0.39, 0.29) is 0 Å². The van der Waals surface area contributed by atoms with Crippen LogP contribution in [0.5, 0.6) is 11.6 Å². The predicted octanol–water partition coefficient (Wildman–Crippen LogP) is 3.57. The third-order valence-corrected chi connectivity index (χ3v) is 2.73. The summed E-state index contributed by atoms with van der Waals surface area (Å²) in [5.41, 5.74) is 2.05. The maximum atomic E-state index is 5.88. The Labute approximate surface area is 113 Å². The summed E-state index contributed by atoms with van der Waals surface area (Å²) >= 11 is 0. The zero-order valence-corrected chi connectivity index (χ0v) is 11.6. The smallest absolute Gasteiger partial charge is 0.226 e. The van der Waals surface area contributed by atoms with Crippen LogP contribution in [0.15, 0.2) is 30.3 Å². The highest BCUT2D eigenvalue weighted by molar-refractivity contribution is 5.38. The lowest BCUT2D eigenvalue weighted by atomic mass is 10.1. The highest BCUT2D eigenvalue weighted by Gasteiger charge is 2.06. The van der Waals surface area contributed by atoms with Crippen LogP contribution in [0.25, 0.3) is 0 Å². The number of aromatic nitrogens is 2. The highest BCUT2D eigenvalue weighted by Crippen LogP contribution is 2.25. The largest absolute Gasteiger partial charge is 0.439 e. The molecule has 0 saturated carbocycles. The second-order valence-electron chi connectivity index (χ2n) is 4.26. The monoisotopic (exact) mass is 257 g/mol. The van der Waals surface area contributed by atoms with E-state index >= 15 is 0 Å². The average molecular weight is 257 g/mol. The lowest BCUT2D eigenvalue weighted by Gasteiger charge is -2.10. The molecule has 2 aromatic rings. The minimum atomic E-state index is 0.573. The molecule has 1 N–H and O–H groups in total. The van der Waals surface area contributed by atoms with E-state index < -0.39 is 0 Å². The lowest BCUT2D eigenvalue weighted by Crippen LogP contribution is -2.04. The van der Waals surface area contributed by atoms with Gasteiger partial charge >= 0.3 is 0 Å². The van der Waals surface area contributed by atoms with E-state index in [1.54, 1.807) is 0 Å². The molecular formula is C15H19N3O. The lowest BCUT2D eigenvalue weighted by molar-refractivity contribution is 0.456. The maximum Gasteiger partial charge on any atom is 0.226 e. The number of ether oxygens (including phenoxy) is 1. The van der Waals surface area contributed by atoms with Crippen LogP contribution in [0.4, 0.5) is 5.95 Å². The molecule has 0 saturated heterocycles. The third-order valence-electron chi connectivity index (χ3n) is 2.73. The summed E-state index contributed by atoms with van der Waals surface area (Å²) in [6, 6.07) is 9.85. The van der Waals surface area contributed by atoms with E-state index in [1.165, 1.54) is 5.56 Å². The second-order valence-corrected chi connectivity index (χ2v) is 4.26. The number of nitrogens with one attached hydrogen (secondary N) is 1. The van der Waals surface area contributed by atoms with Gasteiger partial charge in [0, 0.05) is 18.3 Å². The fourth-order valence-electron chi connectivity index (χ4n) is 1.84. The van der Waals surface area contributed by atoms with Gasteiger partial charge in [-0.25, -0.2) is 4.98 Å². The van der Waals surface area contributed by atoms with Crippen LogP contribution in [-0.2, 0) is 6.42 Å². The molecule has 1 aromatic carbocycles. The second kappa shape index (κ2) is 6.18. The van der Waals surface area contributed by atoms with Gasteiger partial charge in [0.15, 0.2) is 0 Å². The molecule has 4 heteroatoms. The zero-order valence-electron chi connectivity index (χ0n) is 11.6. The van der Waals surface area contributed by atoms with Crippen molar-refractivity contribution in [2.75, 3.05) is 11.9 Å². The molecule has 100 valence electrons. The minimum absolute atomic E-state index is 0.573. The Morgan fingerprint density at radius 2 is 1.95 bits per heavy atom. The fourth-order valence-corrected chi connectivity index (χ4v) is 1.84. The molecule has 0 aliphatic rings. The van der Waals surface area contributed by atoms with Crippen molar-refractivity contribution >= 4 is 5.95 Å². The van der Waals surface area contributed by atoms with Crippen molar-refractivity contribution in [1.29, 1.82) is 0 Å². The fraction of sp³-hybridized carbons (Fsp3) is 0.333. The molecule has 2 rings (SSSR count). The standard InChI is InChI=1S/C15H19N3O/c1-4-12-8-6-7-9-13(12)19-14-10-11(3)17-15(18-14)16-5-2/h6-10H,4-5H2,1-3H3,(H,16,17,18). The van der Waals surface area contributed by atoms with Crippen molar-refractivity contribution in [3.8, 4) is 11.6 Å². The Kier molecular flexibility index (Phi) is 4.34. The van der Waals surface area contributed by atoms with E-state index in [0.717, 1.165) is 24.4 Å². The molecule has 0 fully saturated rings. The molecule has 1 heterocycles. The first kappa shape index (κ1) is 13.3. The number of hydrogen-bond donors (Lipinski definition) is 1. The molecule has 0 amide bonds. The normalized spacial score (nSPS) is 10.3. The van der Waals surface area contributed by atoms with Crippen LogP contribution in [-0.4, -0.2) is 16.5 Å². The molecule has 0 atom stereocenters. The Morgan fingerprint density at radius 3 is 2.68 bits per heavy atom. The van der Waals surface area contributed by atoms with Gasteiger partial charge in [-0.05, 0) is 31.9 Å². The van der Waals surface area contributed by atoms with Crippen LogP contribution >= 0.6 is 0 Å². The van der Waals surface area contributed by atoms with Crippen molar-refractivity contribution in [2.45, 2.75) is 27.2 Å². The van der Waals surface area contributed by atoms with Crippen LogP contribution in [0.1, 0.15) is 25.1 Å². The third kappa shape index (κ3) is 3.44. The topological polar surface area (TPSA) is 47.0 Å². The summed E-state index contributed by atoms with van der Waals surface area (Å²) in [6.07, 6.45) is 0.931. The molecule has 1 aromatic heterocycles. The van der Waals surface area contributed by atoms with Crippen LogP contribution in [0.3, 0.4) is 0 Å². The Morgan fingerprint density at radius 1 is 1.16 bits per heavy atom. The van der Waals surface area contributed by atoms with E-state index in [0.29, 0.717) is 11.8 Å². The van der Waals surface area contributed by atoms with E-state index in [4.69, 9.17) is 4.74 Å². The van der Waals surface area contributed by atoms with Gasteiger partial charge in [-0.3, -0.25) is 0 Å². The van der Waals surface area contributed by atoms with E-state index in [9.17, 15) is 0 Å². The number of para-hydroxylation sites is 1. The number of aryl methyl sites for hydroxylation is 2. The van der Waals surface area contributed by atoms with Gasteiger partial charge < -0.3 is 10.1 Å². The molecule has 0 aliphatic heterocycles. The maximum absolute atomic E-state index is 5.88. The Balaban J connectivity index is 2.27. The quantitative estimate of drug-likeness (QED) is 0.889. The Bertz CT molecular complexity index is 555. The van der Waals surface area contributed by atoms with Gasteiger partial charge in [0.1, 0.15) is 5.75 Å². The summed E-state index contributed by atoms with van der Waals surface area (Å²) < 4.78 is 5.88. The summed E-state index contributed by atoms with van der Waals surface area (Å²) in [6.45, 7) is 6.84. The predicted molar refractivity (Wildman–Crippen MR) is 76.8 cm³/mol. The van der Waals surface area contributed by atoms with Gasteiger partial charge in [0.2, 0.25) is 11.8 Å². The van der Waals surface area contributed by atoms with Crippen molar-refractivity contribution in [3.05, 3.63) is 41.6 Å². The van der Waals surface area contributed by atoms with Gasteiger partial charge in [-0.2, -0.15) is 4.98 Å². The van der Waals surface area contributed by atoms with Crippen LogP contribution < -0.4 is 10.1 Å². The SMILES string of the molecule is CCNc1nc(C)cc(Oc2ccccc2CC)n1. The molecular weight excluding hydrogens is 238 g/mol. The van der Waals surface area contributed by atoms with Crippen molar-refractivity contribution in [3.63, 3.8) is 0 Å². The number of anilines is 1. The molecule has 0 spiro atoms. The van der Waals surface area contributed by atoms with Gasteiger partial charge in [-0.1, -0.05) is 25.1 Å². The van der Waals surface area contributed by atoms with Crippen LogP contribution in [0, 0.1) is 6.92 Å². The number of hydrogen-bond acceptors (Lipinski definition) is 4. The summed E-state index contributed by atoms with van der Waals surface area (Å²) in [5, 5.41) is 3.10. The molecule has 19 heavy (non-hydrogen) atoms. The first-order chi connectivity index (χ1) is 9.22.